The topological polar surface area (TPSA) is 72.2 Å². The van der Waals surface area contributed by atoms with Gasteiger partial charge in [0.25, 0.3) is 0 Å². The minimum absolute atomic E-state index is 0.0238. The van der Waals surface area contributed by atoms with Gasteiger partial charge in [0.05, 0.1) is 25.3 Å². The summed E-state index contributed by atoms with van der Waals surface area (Å²) < 4.78 is 16.9. The van der Waals surface area contributed by atoms with E-state index in [4.69, 9.17) is 13.9 Å². The molecule has 0 bridgehead atoms. The van der Waals surface area contributed by atoms with Crippen LogP contribution in [0, 0.1) is 5.92 Å². The second-order valence-corrected chi connectivity index (χ2v) is 6.97. The highest BCUT2D eigenvalue weighted by atomic mass is 16.6. The first-order valence-electron chi connectivity index (χ1n) is 9.04. The van der Waals surface area contributed by atoms with Crippen LogP contribution in [0.4, 0.5) is 0 Å². The van der Waals surface area contributed by atoms with Gasteiger partial charge in [-0.25, -0.2) is 0 Å². The van der Waals surface area contributed by atoms with E-state index in [0.29, 0.717) is 32.0 Å². The lowest BCUT2D eigenvalue weighted by Crippen LogP contribution is -2.44. The van der Waals surface area contributed by atoms with E-state index in [1.54, 1.807) is 29.2 Å². The molecule has 2 atom stereocenters. The van der Waals surface area contributed by atoms with Gasteiger partial charge in [0.1, 0.15) is 12.4 Å². The standard InChI is InChI=1S/C20H22N2O5/c1-21(11-16-13-26-17-6-2-3-7-18(17)27-16)20(24)14-9-19(23)22(10-14)12-15-5-4-8-25-15/h2-8,14,16H,9-13H2,1H3. The van der Waals surface area contributed by atoms with Gasteiger partial charge in [-0.1, -0.05) is 12.1 Å². The molecule has 0 saturated carbocycles. The highest BCUT2D eigenvalue weighted by molar-refractivity contribution is 5.89. The Balaban J connectivity index is 1.32. The molecule has 3 heterocycles. The second-order valence-electron chi connectivity index (χ2n) is 6.97. The number of likely N-dealkylation sites (tertiary alicyclic amines) is 1. The van der Waals surface area contributed by atoms with Crippen molar-refractivity contribution in [3.05, 3.63) is 48.4 Å². The first kappa shape index (κ1) is 17.5. The van der Waals surface area contributed by atoms with Crippen molar-refractivity contribution in [2.24, 2.45) is 5.92 Å². The number of nitrogens with zero attached hydrogens (tertiary/aromatic N) is 2. The third-order valence-electron chi connectivity index (χ3n) is 4.91. The van der Waals surface area contributed by atoms with Crippen LogP contribution in [0.3, 0.4) is 0 Å². The summed E-state index contributed by atoms with van der Waals surface area (Å²) in [5.74, 6) is 1.72. The number of rotatable bonds is 5. The molecule has 0 aliphatic carbocycles. The Morgan fingerprint density at radius 2 is 2.04 bits per heavy atom. The minimum atomic E-state index is -0.339. The molecular weight excluding hydrogens is 348 g/mol. The third-order valence-corrected chi connectivity index (χ3v) is 4.91. The predicted octanol–water partition coefficient (Wildman–Crippen LogP) is 1.93. The lowest BCUT2D eigenvalue weighted by molar-refractivity contribution is -0.135. The quantitative estimate of drug-likeness (QED) is 0.804. The Hall–Kier alpha value is -2.96. The average Bonchev–Trinajstić information content (AvgIpc) is 3.31. The van der Waals surface area contributed by atoms with Crippen LogP contribution in [0.15, 0.2) is 47.1 Å². The van der Waals surface area contributed by atoms with E-state index in [0.717, 1.165) is 11.5 Å². The van der Waals surface area contributed by atoms with Gasteiger partial charge >= 0.3 is 0 Å². The lowest BCUT2D eigenvalue weighted by atomic mass is 10.1. The van der Waals surface area contributed by atoms with Crippen LogP contribution < -0.4 is 9.47 Å². The molecule has 142 valence electrons. The van der Waals surface area contributed by atoms with Crippen molar-refractivity contribution in [2.75, 3.05) is 26.7 Å². The van der Waals surface area contributed by atoms with Gasteiger partial charge in [0.15, 0.2) is 17.6 Å². The summed E-state index contributed by atoms with van der Waals surface area (Å²) in [5.41, 5.74) is 0. The molecule has 0 radical (unpaired) electrons. The van der Waals surface area contributed by atoms with Gasteiger partial charge < -0.3 is 23.7 Å². The van der Waals surface area contributed by atoms with Crippen molar-refractivity contribution in [3.63, 3.8) is 0 Å². The Kier molecular flexibility index (Phi) is 4.75. The monoisotopic (exact) mass is 370 g/mol. The summed E-state index contributed by atoms with van der Waals surface area (Å²) in [6, 6.07) is 11.1. The Bertz CT molecular complexity index is 820. The minimum Gasteiger partial charge on any atom is -0.486 e. The van der Waals surface area contributed by atoms with Crippen molar-refractivity contribution in [1.82, 2.24) is 9.80 Å². The third kappa shape index (κ3) is 3.77. The Morgan fingerprint density at radius 1 is 1.22 bits per heavy atom. The van der Waals surface area contributed by atoms with Gasteiger partial charge in [-0.3, -0.25) is 9.59 Å². The molecule has 1 aromatic carbocycles. The van der Waals surface area contributed by atoms with E-state index in [-0.39, 0.29) is 30.3 Å². The molecule has 2 aromatic rings. The van der Waals surface area contributed by atoms with Crippen LogP contribution in [0.25, 0.3) is 0 Å². The van der Waals surface area contributed by atoms with E-state index in [2.05, 4.69) is 0 Å². The van der Waals surface area contributed by atoms with E-state index < -0.39 is 0 Å². The Morgan fingerprint density at radius 3 is 2.81 bits per heavy atom. The lowest BCUT2D eigenvalue weighted by Gasteiger charge is -2.30. The summed E-state index contributed by atoms with van der Waals surface area (Å²) in [6.45, 7) is 1.61. The predicted molar refractivity (Wildman–Crippen MR) is 96.2 cm³/mol. The number of para-hydroxylation sites is 2. The summed E-state index contributed by atoms with van der Waals surface area (Å²) in [4.78, 5) is 28.3. The number of carbonyl (C=O) groups is 2. The van der Waals surface area contributed by atoms with Crippen molar-refractivity contribution < 1.29 is 23.5 Å². The summed E-state index contributed by atoms with van der Waals surface area (Å²) in [5, 5.41) is 0. The fourth-order valence-electron chi connectivity index (χ4n) is 3.54. The maximum Gasteiger partial charge on any atom is 0.227 e. The number of hydrogen-bond donors (Lipinski definition) is 0. The number of benzene rings is 1. The van der Waals surface area contributed by atoms with Crippen LogP contribution in [0.1, 0.15) is 12.2 Å². The SMILES string of the molecule is CN(CC1COc2ccccc2O1)C(=O)C1CC(=O)N(Cc2ccco2)C1. The van der Waals surface area contributed by atoms with Gasteiger partial charge in [0.2, 0.25) is 11.8 Å². The average molecular weight is 370 g/mol. The van der Waals surface area contributed by atoms with Crippen molar-refractivity contribution >= 4 is 11.8 Å². The van der Waals surface area contributed by atoms with Gasteiger partial charge in [-0.2, -0.15) is 0 Å². The molecule has 7 heteroatoms. The zero-order valence-corrected chi connectivity index (χ0v) is 15.2. The number of furan rings is 1. The highest BCUT2D eigenvalue weighted by Gasteiger charge is 2.36. The summed E-state index contributed by atoms with van der Waals surface area (Å²) in [7, 11) is 1.74. The van der Waals surface area contributed by atoms with Crippen LogP contribution in [-0.2, 0) is 16.1 Å². The van der Waals surface area contributed by atoms with E-state index in [9.17, 15) is 9.59 Å². The molecule has 7 nitrogen and oxygen atoms in total. The maximum absolute atomic E-state index is 12.8. The zero-order chi connectivity index (χ0) is 18.8. The zero-order valence-electron chi connectivity index (χ0n) is 15.2. The molecule has 27 heavy (non-hydrogen) atoms. The molecule has 0 spiro atoms. The number of likely N-dealkylation sites (N-methyl/N-ethyl adjacent to an activating group) is 1. The molecule has 1 fully saturated rings. The van der Waals surface area contributed by atoms with Crippen LogP contribution in [-0.4, -0.2) is 54.5 Å². The van der Waals surface area contributed by atoms with Gasteiger partial charge in [0, 0.05) is 20.0 Å². The van der Waals surface area contributed by atoms with Crippen molar-refractivity contribution in [3.8, 4) is 11.5 Å². The molecule has 2 unspecified atom stereocenters. The smallest absolute Gasteiger partial charge is 0.227 e. The van der Waals surface area contributed by atoms with E-state index in [1.165, 1.54) is 0 Å². The van der Waals surface area contributed by atoms with Crippen LogP contribution >= 0.6 is 0 Å². The molecule has 2 aliphatic rings. The molecule has 2 aliphatic heterocycles. The van der Waals surface area contributed by atoms with Gasteiger partial charge in [-0.05, 0) is 24.3 Å². The fourth-order valence-corrected chi connectivity index (χ4v) is 3.54. The highest BCUT2D eigenvalue weighted by Crippen LogP contribution is 2.31. The normalized spacial score (nSPS) is 21.4. The first-order valence-corrected chi connectivity index (χ1v) is 9.04. The summed E-state index contributed by atoms with van der Waals surface area (Å²) in [6.07, 6.45) is 1.58. The fraction of sp³-hybridized carbons (Fsp3) is 0.400. The van der Waals surface area contributed by atoms with Crippen LogP contribution in [0.2, 0.25) is 0 Å². The largest absolute Gasteiger partial charge is 0.486 e. The summed E-state index contributed by atoms with van der Waals surface area (Å²) >= 11 is 0. The number of hydrogen-bond acceptors (Lipinski definition) is 5. The first-order chi connectivity index (χ1) is 13.1. The maximum atomic E-state index is 12.8. The van der Waals surface area contributed by atoms with Crippen molar-refractivity contribution in [1.29, 1.82) is 0 Å². The number of ether oxygens (including phenoxy) is 2. The molecule has 1 aromatic heterocycles. The van der Waals surface area contributed by atoms with E-state index in [1.807, 2.05) is 30.3 Å². The number of amides is 2. The van der Waals surface area contributed by atoms with Crippen LogP contribution in [0.5, 0.6) is 11.5 Å². The molecule has 4 rings (SSSR count). The molecule has 1 saturated heterocycles. The second kappa shape index (κ2) is 7.34. The van der Waals surface area contributed by atoms with E-state index >= 15 is 0 Å². The molecular formula is C20H22N2O5. The van der Waals surface area contributed by atoms with Crippen molar-refractivity contribution in [2.45, 2.75) is 19.1 Å². The van der Waals surface area contributed by atoms with Gasteiger partial charge in [-0.15, -0.1) is 0 Å². The number of fused-ring (bicyclic) bond motifs is 1. The Labute approximate surface area is 157 Å². The number of carbonyl (C=O) groups excluding carboxylic acids is 2. The molecule has 2 amide bonds. The molecule has 0 N–H and O–H groups in total.